The van der Waals surface area contributed by atoms with Crippen LogP contribution in [0.15, 0.2) is 24.3 Å². The van der Waals surface area contributed by atoms with Crippen molar-refractivity contribution in [2.24, 2.45) is 5.92 Å². The number of hydrogen-bond donors (Lipinski definition) is 1. The highest BCUT2D eigenvalue weighted by molar-refractivity contribution is 5.53. The van der Waals surface area contributed by atoms with Gasteiger partial charge in [0, 0.05) is 25.3 Å². The minimum Gasteiger partial charge on any atom is -0.382 e. The fourth-order valence-electron chi connectivity index (χ4n) is 2.22. The van der Waals surface area contributed by atoms with E-state index in [4.69, 9.17) is 9.47 Å². The molecule has 0 fully saturated rings. The van der Waals surface area contributed by atoms with Crippen molar-refractivity contribution in [3.05, 3.63) is 29.8 Å². The van der Waals surface area contributed by atoms with E-state index in [1.807, 2.05) is 0 Å². The monoisotopic (exact) mass is 263 g/mol. The topological polar surface area (TPSA) is 30.5 Å². The third-order valence-electron chi connectivity index (χ3n) is 3.41. The van der Waals surface area contributed by atoms with E-state index in [1.165, 1.54) is 11.3 Å². The maximum Gasteiger partial charge on any atom is 0.0789 e. The summed E-state index contributed by atoms with van der Waals surface area (Å²) in [6, 6.07) is 8.44. The Bertz CT molecular complexity index is 379. The molecule has 0 aliphatic carbocycles. The minimum absolute atomic E-state index is 0.267. The molecule has 0 amide bonds. The van der Waals surface area contributed by atoms with Crippen LogP contribution in [0.4, 0.5) is 5.69 Å². The van der Waals surface area contributed by atoms with Crippen molar-refractivity contribution in [3.63, 3.8) is 0 Å². The molecule has 3 heteroatoms. The van der Waals surface area contributed by atoms with E-state index < -0.39 is 0 Å². The second-order valence-electron chi connectivity index (χ2n) is 5.53. The van der Waals surface area contributed by atoms with Crippen LogP contribution in [0.5, 0.6) is 0 Å². The first-order chi connectivity index (χ1) is 9.25. The van der Waals surface area contributed by atoms with E-state index in [0.717, 1.165) is 26.0 Å². The highest BCUT2D eigenvalue weighted by Crippen LogP contribution is 2.22. The largest absolute Gasteiger partial charge is 0.382 e. The molecule has 2 rings (SSSR count). The summed E-state index contributed by atoms with van der Waals surface area (Å²) in [6.07, 6.45) is 2.39. The van der Waals surface area contributed by atoms with Crippen LogP contribution in [0, 0.1) is 5.92 Å². The Morgan fingerprint density at radius 2 is 2.05 bits per heavy atom. The number of nitrogens with one attached hydrogen (secondary N) is 1. The van der Waals surface area contributed by atoms with E-state index in [1.54, 1.807) is 0 Å². The molecule has 0 radical (unpaired) electrons. The molecular weight excluding hydrogens is 238 g/mol. The Hall–Kier alpha value is -1.06. The third-order valence-corrected chi connectivity index (χ3v) is 3.41. The molecule has 1 unspecified atom stereocenters. The maximum atomic E-state index is 5.86. The summed E-state index contributed by atoms with van der Waals surface area (Å²) >= 11 is 0. The molecule has 0 saturated carbocycles. The average molecular weight is 263 g/mol. The first kappa shape index (κ1) is 14.4. The molecule has 1 aliphatic heterocycles. The summed E-state index contributed by atoms with van der Waals surface area (Å²) in [4.78, 5) is 0. The minimum atomic E-state index is 0.267. The Morgan fingerprint density at radius 1 is 1.21 bits per heavy atom. The lowest BCUT2D eigenvalue weighted by Gasteiger charge is -2.26. The second kappa shape index (κ2) is 7.51. The lowest BCUT2D eigenvalue weighted by Crippen LogP contribution is -2.31. The van der Waals surface area contributed by atoms with Crippen molar-refractivity contribution in [1.29, 1.82) is 0 Å². The lowest BCUT2D eigenvalue weighted by molar-refractivity contribution is 0.00724. The molecule has 106 valence electrons. The molecule has 1 aromatic rings. The fourth-order valence-corrected chi connectivity index (χ4v) is 2.22. The van der Waals surface area contributed by atoms with Gasteiger partial charge in [0.05, 0.1) is 19.3 Å². The van der Waals surface area contributed by atoms with Crippen LogP contribution in [0.3, 0.4) is 0 Å². The molecule has 1 N–H and O–H groups in total. The summed E-state index contributed by atoms with van der Waals surface area (Å²) in [6.45, 7) is 7.54. The molecule has 1 aliphatic rings. The highest BCUT2D eigenvalue weighted by Gasteiger charge is 2.17. The second-order valence-corrected chi connectivity index (χ2v) is 5.53. The molecule has 0 bridgehead atoms. The molecule has 1 heterocycles. The van der Waals surface area contributed by atoms with Crippen molar-refractivity contribution in [1.82, 2.24) is 0 Å². The maximum absolute atomic E-state index is 5.86. The zero-order chi connectivity index (χ0) is 13.5. The van der Waals surface area contributed by atoms with Gasteiger partial charge in [0.25, 0.3) is 0 Å². The molecule has 0 saturated heterocycles. The predicted octanol–water partition coefficient (Wildman–Crippen LogP) is 3.10. The molecule has 1 aromatic carbocycles. The number of anilines is 1. The molecular formula is C16H25NO2. The van der Waals surface area contributed by atoms with Crippen LogP contribution in [0.25, 0.3) is 0 Å². The van der Waals surface area contributed by atoms with Crippen LogP contribution in [-0.2, 0) is 15.9 Å². The standard InChI is InChI=1S/C16H25NO2/c1-13(2)7-8-18-9-10-19-15-11-14-5-3-4-6-16(14)17-12-15/h3-6,13,15,17H,7-12H2,1-2H3. The molecule has 19 heavy (non-hydrogen) atoms. The van der Waals surface area contributed by atoms with Crippen molar-refractivity contribution in [3.8, 4) is 0 Å². The predicted molar refractivity (Wildman–Crippen MR) is 78.6 cm³/mol. The van der Waals surface area contributed by atoms with E-state index in [-0.39, 0.29) is 6.10 Å². The van der Waals surface area contributed by atoms with Gasteiger partial charge in [-0.25, -0.2) is 0 Å². The zero-order valence-corrected chi connectivity index (χ0v) is 12.0. The first-order valence-electron chi connectivity index (χ1n) is 7.27. The summed E-state index contributed by atoms with van der Waals surface area (Å²) in [7, 11) is 0. The number of hydrogen-bond acceptors (Lipinski definition) is 3. The van der Waals surface area contributed by atoms with Gasteiger partial charge in [-0.2, -0.15) is 0 Å². The van der Waals surface area contributed by atoms with Gasteiger partial charge >= 0.3 is 0 Å². The van der Waals surface area contributed by atoms with Crippen molar-refractivity contribution < 1.29 is 9.47 Å². The quantitative estimate of drug-likeness (QED) is 0.767. The van der Waals surface area contributed by atoms with Crippen molar-refractivity contribution >= 4 is 5.69 Å². The van der Waals surface area contributed by atoms with E-state index in [0.29, 0.717) is 19.1 Å². The molecule has 0 spiro atoms. The van der Waals surface area contributed by atoms with Crippen LogP contribution in [0.2, 0.25) is 0 Å². The number of benzene rings is 1. The van der Waals surface area contributed by atoms with Crippen LogP contribution in [0.1, 0.15) is 25.8 Å². The fraction of sp³-hybridized carbons (Fsp3) is 0.625. The Morgan fingerprint density at radius 3 is 2.89 bits per heavy atom. The smallest absolute Gasteiger partial charge is 0.0789 e. The summed E-state index contributed by atoms with van der Waals surface area (Å²) in [5, 5.41) is 3.41. The number of fused-ring (bicyclic) bond motifs is 1. The SMILES string of the molecule is CC(C)CCOCCOC1CNc2ccccc2C1. The van der Waals surface area contributed by atoms with Gasteiger partial charge in [-0.05, 0) is 24.0 Å². The van der Waals surface area contributed by atoms with Gasteiger partial charge < -0.3 is 14.8 Å². The molecule has 0 aromatic heterocycles. The van der Waals surface area contributed by atoms with E-state index in [2.05, 4.69) is 43.4 Å². The van der Waals surface area contributed by atoms with Gasteiger partial charge in [0.2, 0.25) is 0 Å². The average Bonchev–Trinajstić information content (AvgIpc) is 2.42. The summed E-state index contributed by atoms with van der Waals surface area (Å²) < 4.78 is 11.4. The third kappa shape index (κ3) is 4.84. The van der Waals surface area contributed by atoms with Crippen LogP contribution in [-0.4, -0.2) is 32.5 Å². The van der Waals surface area contributed by atoms with Gasteiger partial charge in [0.1, 0.15) is 0 Å². The summed E-state index contributed by atoms with van der Waals surface area (Å²) in [5.74, 6) is 0.708. The first-order valence-corrected chi connectivity index (χ1v) is 7.27. The van der Waals surface area contributed by atoms with E-state index >= 15 is 0 Å². The number of ether oxygens (including phenoxy) is 2. The number of para-hydroxylation sites is 1. The van der Waals surface area contributed by atoms with E-state index in [9.17, 15) is 0 Å². The van der Waals surface area contributed by atoms with Crippen LogP contribution < -0.4 is 5.32 Å². The normalized spacial score (nSPS) is 18.2. The van der Waals surface area contributed by atoms with Gasteiger partial charge in [0.15, 0.2) is 0 Å². The molecule has 3 nitrogen and oxygen atoms in total. The zero-order valence-electron chi connectivity index (χ0n) is 12.0. The molecule has 1 atom stereocenters. The van der Waals surface area contributed by atoms with Crippen LogP contribution >= 0.6 is 0 Å². The Labute approximate surface area is 116 Å². The Kier molecular flexibility index (Phi) is 5.67. The van der Waals surface area contributed by atoms with Gasteiger partial charge in [-0.15, -0.1) is 0 Å². The lowest BCUT2D eigenvalue weighted by atomic mass is 10.0. The van der Waals surface area contributed by atoms with Gasteiger partial charge in [-0.3, -0.25) is 0 Å². The summed E-state index contributed by atoms with van der Waals surface area (Å²) in [5.41, 5.74) is 2.59. The van der Waals surface area contributed by atoms with Gasteiger partial charge in [-0.1, -0.05) is 32.0 Å². The number of rotatable bonds is 7. The Balaban J connectivity index is 1.61. The van der Waals surface area contributed by atoms with Crippen molar-refractivity contribution in [2.45, 2.75) is 32.8 Å². The highest BCUT2D eigenvalue weighted by atomic mass is 16.5. The van der Waals surface area contributed by atoms with Crippen molar-refractivity contribution in [2.75, 3.05) is 31.7 Å².